The van der Waals surface area contributed by atoms with Crippen LogP contribution in [0.1, 0.15) is 6.92 Å². The highest BCUT2D eigenvalue weighted by Gasteiger charge is 2.20. The molecule has 0 saturated carbocycles. The second-order valence-electron chi connectivity index (χ2n) is 4.29. The van der Waals surface area contributed by atoms with Crippen LogP contribution < -0.4 is 5.32 Å². The van der Waals surface area contributed by atoms with Gasteiger partial charge in [0.25, 0.3) is 0 Å². The number of anilines is 1. The Morgan fingerprint density at radius 1 is 1.33 bits per heavy atom. The molecule has 8 heteroatoms. The maximum absolute atomic E-state index is 13.5. The minimum Gasteiger partial charge on any atom is -0.329 e. The molecule has 1 aromatic heterocycles. The highest BCUT2D eigenvalue weighted by Crippen LogP contribution is 2.24. The van der Waals surface area contributed by atoms with Gasteiger partial charge in [0.2, 0.25) is 5.91 Å². The molecule has 21 heavy (non-hydrogen) atoms. The van der Waals surface area contributed by atoms with E-state index in [2.05, 4.69) is 10.3 Å². The van der Waals surface area contributed by atoms with Gasteiger partial charge in [0, 0.05) is 19.4 Å². The van der Waals surface area contributed by atoms with Crippen LogP contribution in [-0.2, 0) is 11.8 Å². The van der Waals surface area contributed by atoms with Gasteiger partial charge in [0.05, 0.1) is 10.9 Å². The third-order valence-electron chi connectivity index (χ3n) is 2.72. The number of amides is 1. The molecule has 2 rings (SSSR count). The number of imidazole rings is 1. The van der Waals surface area contributed by atoms with Gasteiger partial charge in [0.1, 0.15) is 0 Å². The molecule has 2 aromatic rings. The Labute approximate surface area is 123 Å². The number of carbonyl (C=O) groups is 1. The van der Waals surface area contributed by atoms with E-state index in [0.29, 0.717) is 5.16 Å². The normalized spacial score (nSPS) is 12.2. The summed E-state index contributed by atoms with van der Waals surface area (Å²) in [6.45, 7) is 1.60. The van der Waals surface area contributed by atoms with E-state index in [-0.39, 0.29) is 0 Å². The van der Waals surface area contributed by atoms with Gasteiger partial charge in [-0.1, -0.05) is 11.8 Å². The van der Waals surface area contributed by atoms with Crippen LogP contribution in [0.4, 0.5) is 18.9 Å². The topological polar surface area (TPSA) is 46.9 Å². The molecular weight excluding hydrogens is 303 g/mol. The van der Waals surface area contributed by atoms with E-state index in [9.17, 15) is 18.0 Å². The number of rotatable bonds is 4. The smallest absolute Gasteiger partial charge is 0.237 e. The van der Waals surface area contributed by atoms with Crippen LogP contribution in [0, 0.1) is 17.5 Å². The van der Waals surface area contributed by atoms with Crippen LogP contribution in [0.25, 0.3) is 0 Å². The zero-order chi connectivity index (χ0) is 15.6. The molecule has 1 heterocycles. The van der Waals surface area contributed by atoms with E-state index in [1.165, 1.54) is 11.8 Å². The average molecular weight is 315 g/mol. The number of benzene rings is 1. The second-order valence-corrected chi connectivity index (χ2v) is 5.60. The highest BCUT2D eigenvalue weighted by molar-refractivity contribution is 8.00. The molecule has 0 unspecified atom stereocenters. The summed E-state index contributed by atoms with van der Waals surface area (Å²) < 4.78 is 41.1. The average Bonchev–Trinajstić information content (AvgIpc) is 2.85. The van der Waals surface area contributed by atoms with E-state index < -0.39 is 34.3 Å². The summed E-state index contributed by atoms with van der Waals surface area (Å²) in [7, 11) is 1.77. The van der Waals surface area contributed by atoms with Crippen molar-refractivity contribution in [2.75, 3.05) is 5.32 Å². The van der Waals surface area contributed by atoms with Crippen molar-refractivity contribution < 1.29 is 18.0 Å². The number of hydrogen-bond donors (Lipinski definition) is 1. The summed E-state index contributed by atoms with van der Waals surface area (Å²) in [5.74, 6) is -4.87. The van der Waals surface area contributed by atoms with E-state index in [1.807, 2.05) is 0 Å². The van der Waals surface area contributed by atoms with Crippen molar-refractivity contribution in [3.8, 4) is 0 Å². The number of carbonyl (C=O) groups excluding carboxylic acids is 1. The summed E-state index contributed by atoms with van der Waals surface area (Å²) in [5, 5.41) is 2.26. The monoisotopic (exact) mass is 315 g/mol. The summed E-state index contributed by atoms with van der Waals surface area (Å²) >= 11 is 1.17. The first-order valence-corrected chi connectivity index (χ1v) is 6.86. The van der Waals surface area contributed by atoms with Gasteiger partial charge in [0.15, 0.2) is 22.6 Å². The zero-order valence-electron chi connectivity index (χ0n) is 11.2. The lowest BCUT2D eigenvalue weighted by atomic mass is 10.2. The van der Waals surface area contributed by atoms with E-state index in [1.54, 1.807) is 30.9 Å². The lowest BCUT2D eigenvalue weighted by molar-refractivity contribution is -0.115. The molecular formula is C13H12F3N3OS. The molecule has 112 valence electrons. The van der Waals surface area contributed by atoms with Crippen molar-refractivity contribution in [2.45, 2.75) is 17.3 Å². The fourth-order valence-corrected chi connectivity index (χ4v) is 2.36. The number of aryl methyl sites for hydroxylation is 1. The Hall–Kier alpha value is -1.96. The Morgan fingerprint density at radius 3 is 2.67 bits per heavy atom. The van der Waals surface area contributed by atoms with Gasteiger partial charge in [-0.2, -0.15) is 0 Å². The van der Waals surface area contributed by atoms with E-state index in [0.717, 1.165) is 12.1 Å². The van der Waals surface area contributed by atoms with Crippen molar-refractivity contribution >= 4 is 23.4 Å². The molecule has 1 aromatic carbocycles. The third-order valence-corrected chi connectivity index (χ3v) is 3.89. The van der Waals surface area contributed by atoms with Gasteiger partial charge in [-0.15, -0.1) is 0 Å². The molecule has 1 atom stereocenters. The highest BCUT2D eigenvalue weighted by atomic mass is 32.2. The quantitative estimate of drug-likeness (QED) is 0.697. The Kier molecular flexibility index (Phi) is 4.56. The molecule has 1 N–H and O–H groups in total. The number of nitrogens with one attached hydrogen (secondary N) is 1. The lowest BCUT2D eigenvalue weighted by Crippen LogP contribution is -2.23. The summed E-state index contributed by atoms with van der Waals surface area (Å²) in [5.41, 5.74) is -0.397. The van der Waals surface area contributed by atoms with Crippen LogP contribution in [0.5, 0.6) is 0 Å². The molecule has 0 saturated heterocycles. The molecule has 0 radical (unpaired) electrons. The summed E-state index contributed by atoms with van der Waals surface area (Å²) in [6, 6.07) is 1.73. The number of hydrogen-bond acceptors (Lipinski definition) is 3. The van der Waals surface area contributed by atoms with Crippen molar-refractivity contribution in [2.24, 2.45) is 7.05 Å². The summed E-state index contributed by atoms with van der Waals surface area (Å²) in [4.78, 5) is 16.0. The largest absolute Gasteiger partial charge is 0.329 e. The van der Waals surface area contributed by atoms with Gasteiger partial charge >= 0.3 is 0 Å². The molecule has 4 nitrogen and oxygen atoms in total. The number of thioether (sulfide) groups is 1. The van der Waals surface area contributed by atoms with Gasteiger partial charge in [-0.3, -0.25) is 4.79 Å². The first kappa shape index (κ1) is 15.4. The predicted octanol–water partition coefficient (Wildman–Crippen LogP) is 2.96. The number of aromatic nitrogens is 2. The lowest BCUT2D eigenvalue weighted by Gasteiger charge is -2.12. The molecule has 0 fully saturated rings. The van der Waals surface area contributed by atoms with Gasteiger partial charge in [-0.05, 0) is 19.1 Å². The second kappa shape index (κ2) is 6.21. The molecule has 0 aliphatic heterocycles. The standard InChI is InChI=1S/C13H12F3N3OS/c1-7(21-13-17-5-6-19(13)2)12(20)18-9-4-3-8(14)10(15)11(9)16/h3-7H,1-2H3,(H,18,20)/t7-/m1/s1. The molecule has 1 amide bonds. The maximum atomic E-state index is 13.5. The minimum atomic E-state index is -1.61. The first-order valence-electron chi connectivity index (χ1n) is 5.98. The zero-order valence-corrected chi connectivity index (χ0v) is 12.0. The summed E-state index contributed by atoms with van der Waals surface area (Å²) in [6.07, 6.45) is 3.31. The Bertz CT molecular complexity index is 675. The van der Waals surface area contributed by atoms with Gasteiger partial charge in [-0.25, -0.2) is 18.2 Å². The number of nitrogens with zero attached hydrogens (tertiary/aromatic N) is 2. The minimum absolute atomic E-state index is 0.397. The fraction of sp³-hybridized carbons (Fsp3) is 0.231. The molecule has 0 bridgehead atoms. The van der Waals surface area contributed by atoms with E-state index >= 15 is 0 Å². The van der Waals surface area contributed by atoms with Crippen LogP contribution in [0.3, 0.4) is 0 Å². The van der Waals surface area contributed by atoms with E-state index in [4.69, 9.17) is 0 Å². The number of halogens is 3. The predicted molar refractivity (Wildman–Crippen MR) is 73.5 cm³/mol. The van der Waals surface area contributed by atoms with Crippen molar-refractivity contribution in [3.05, 3.63) is 42.0 Å². The molecule has 0 spiro atoms. The Morgan fingerprint density at radius 2 is 2.05 bits per heavy atom. The molecule has 0 aliphatic rings. The third kappa shape index (κ3) is 3.38. The van der Waals surface area contributed by atoms with Crippen molar-refractivity contribution in [1.29, 1.82) is 0 Å². The van der Waals surface area contributed by atoms with Crippen LogP contribution in [0.2, 0.25) is 0 Å². The molecule has 0 aliphatic carbocycles. The SMILES string of the molecule is C[C@@H](Sc1nccn1C)C(=O)Nc1ccc(F)c(F)c1F. The van der Waals surface area contributed by atoms with Crippen LogP contribution >= 0.6 is 11.8 Å². The van der Waals surface area contributed by atoms with Crippen molar-refractivity contribution in [3.63, 3.8) is 0 Å². The van der Waals surface area contributed by atoms with Crippen molar-refractivity contribution in [1.82, 2.24) is 9.55 Å². The van der Waals surface area contributed by atoms with Gasteiger partial charge < -0.3 is 9.88 Å². The maximum Gasteiger partial charge on any atom is 0.237 e. The Balaban J connectivity index is 2.08. The fourth-order valence-electron chi connectivity index (χ4n) is 1.53. The van der Waals surface area contributed by atoms with Crippen LogP contribution in [0.15, 0.2) is 29.7 Å². The first-order chi connectivity index (χ1) is 9.90. The van der Waals surface area contributed by atoms with Crippen LogP contribution in [-0.4, -0.2) is 20.7 Å².